The smallest absolute Gasteiger partial charge is 0.302 e. The fraction of sp³-hybridized carbons (Fsp3) is 0.625. The second kappa shape index (κ2) is 3.77. The highest BCUT2D eigenvalue weighted by atomic mass is 35.5. The van der Waals surface area contributed by atoms with Gasteiger partial charge >= 0.3 is 5.97 Å². The zero-order valence-electron chi connectivity index (χ0n) is 7.11. The summed E-state index contributed by atoms with van der Waals surface area (Å²) in [4.78, 5) is 10.4. The van der Waals surface area contributed by atoms with Gasteiger partial charge in [0.1, 0.15) is 6.61 Å². The summed E-state index contributed by atoms with van der Waals surface area (Å²) < 4.78 is 4.78. The highest BCUT2D eigenvalue weighted by Gasteiger charge is 2.21. The first-order valence-electron chi connectivity index (χ1n) is 3.34. The van der Waals surface area contributed by atoms with Crippen LogP contribution >= 0.6 is 11.6 Å². The zero-order valence-corrected chi connectivity index (χ0v) is 7.86. The number of halogens is 1. The quantitative estimate of drug-likeness (QED) is 0.617. The predicted octanol–water partition coefficient (Wildman–Crippen LogP) is 2.33. The van der Waals surface area contributed by atoms with E-state index in [1.165, 1.54) is 6.92 Å². The normalized spacial score (nSPS) is 10.9. The van der Waals surface area contributed by atoms with Crippen molar-refractivity contribution in [2.75, 3.05) is 6.61 Å². The molecule has 0 spiro atoms. The summed E-state index contributed by atoms with van der Waals surface area (Å²) in [5, 5.41) is 0.499. The van der Waals surface area contributed by atoms with E-state index in [0.29, 0.717) is 5.03 Å². The summed E-state index contributed by atoms with van der Waals surface area (Å²) in [6.45, 7) is 8.96. The average Bonchev–Trinajstić information content (AvgIpc) is 1.84. The fourth-order valence-electron chi connectivity index (χ4n) is 0.360. The van der Waals surface area contributed by atoms with Crippen molar-refractivity contribution >= 4 is 17.6 Å². The molecule has 0 aromatic carbocycles. The molecule has 0 rings (SSSR count). The first-order chi connectivity index (χ1) is 4.86. The van der Waals surface area contributed by atoms with Gasteiger partial charge in [-0.15, -0.1) is 0 Å². The van der Waals surface area contributed by atoms with Crippen molar-refractivity contribution in [2.45, 2.75) is 20.8 Å². The predicted molar refractivity (Wildman–Crippen MR) is 45.4 cm³/mol. The van der Waals surface area contributed by atoms with Crippen molar-refractivity contribution in [3.8, 4) is 0 Å². The molecule has 0 atom stereocenters. The topological polar surface area (TPSA) is 26.3 Å². The van der Waals surface area contributed by atoms with E-state index in [4.69, 9.17) is 16.3 Å². The molecule has 0 aromatic heterocycles. The molecular formula is C8H13ClO2. The van der Waals surface area contributed by atoms with Crippen molar-refractivity contribution in [1.29, 1.82) is 0 Å². The lowest BCUT2D eigenvalue weighted by atomic mass is 9.95. The number of ether oxygens (including phenoxy) is 1. The minimum absolute atomic E-state index is 0.282. The van der Waals surface area contributed by atoms with Gasteiger partial charge in [-0.05, 0) is 0 Å². The average molecular weight is 177 g/mol. The highest BCUT2D eigenvalue weighted by Crippen LogP contribution is 2.27. The Morgan fingerprint density at radius 2 is 2.09 bits per heavy atom. The van der Waals surface area contributed by atoms with Gasteiger partial charge < -0.3 is 4.74 Å². The van der Waals surface area contributed by atoms with Crippen LogP contribution in [0.5, 0.6) is 0 Å². The standard InChI is InChI=1S/C8H13ClO2/c1-6(9)8(3,4)5-11-7(2)10/h1,5H2,2-4H3. The lowest BCUT2D eigenvalue weighted by Gasteiger charge is -2.21. The van der Waals surface area contributed by atoms with Crippen LogP contribution in [-0.2, 0) is 9.53 Å². The maximum atomic E-state index is 10.4. The van der Waals surface area contributed by atoms with Crippen LogP contribution in [0.3, 0.4) is 0 Å². The van der Waals surface area contributed by atoms with Gasteiger partial charge in [0.05, 0.1) is 0 Å². The molecule has 0 radical (unpaired) electrons. The molecule has 64 valence electrons. The highest BCUT2D eigenvalue weighted by molar-refractivity contribution is 6.29. The van der Waals surface area contributed by atoms with Gasteiger partial charge in [0.15, 0.2) is 0 Å². The van der Waals surface area contributed by atoms with Crippen LogP contribution < -0.4 is 0 Å². The first-order valence-corrected chi connectivity index (χ1v) is 3.72. The van der Waals surface area contributed by atoms with Gasteiger partial charge in [-0.3, -0.25) is 4.79 Å². The molecule has 0 saturated carbocycles. The second-order valence-corrected chi connectivity index (χ2v) is 3.53. The third-order valence-electron chi connectivity index (χ3n) is 1.37. The van der Waals surface area contributed by atoms with E-state index >= 15 is 0 Å². The van der Waals surface area contributed by atoms with Gasteiger partial charge in [-0.2, -0.15) is 0 Å². The molecule has 0 N–H and O–H groups in total. The maximum Gasteiger partial charge on any atom is 0.302 e. The minimum Gasteiger partial charge on any atom is -0.465 e. The minimum atomic E-state index is -0.340. The van der Waals surface area contributed by atoms with Crippen molar-refractivity contribution < 1.29 is 9.53 Å². The third-order valence-corrected chi connectivity index (χ3v) is 1.88. The van der Waals surface area contributed by atoms with Gasteiger partial charge in [0.25, 0.3) is 0 Å². The summed E-state index contributed by atoms with van der Waals surface area (Å²) in [6, 6.07) is 0. The number of rotatable bonds is 3. The van der Waals surface area contributed by atoms with E-state index < -0.39 is 0 Å². The van der Waals surface area contributed by atoms with Gasteiger partial charge in [0.2, 0.25) is 0 Å². The van der Waals surface area contributed by atoms with Gasteiger partial charge in [-0.1, -0.05) is 32.0 Å². The Balaban J connectivity index is 3.92. The molecule has 0 aromatic rings. The van der Waals surface area contributed by atoms with E-state index in [1.54, 1.807) is 0 Å². The fourth-order valence-corrected chi connectivity index (χ4v) is 0.415. The summed E-state index contributed by atoms with van der Waals surface area (Å²) >= 11 is 5.67. The molecule has 3 heteroatoms. The van der Waals surface area contributed by atoms with E-state index in [9.17, 15) is 4.79 Å². The summed E-state index contributed by atoms with van der Waals surface area (Å²) in [6.07, 6.45) is 0. The third kappa shape index (κ3) is 4.04. The van der Waals surface area contributed by atoms with Crippen LogP contribution in [0.25, 0.3) is 0 Å². The van der Waals surface area contributed by atoms with Crippen LogP contribution in [-0.4, -0.2) is 12.6 Å². The summed E-state index contributed by atoms with van der Waals surface area (Å²) in [5.41, 5.74) is -0.340. The van der Waals surface area contributed by atoms with Crippen LogP contribution in [0.4, 0.5) is 0 Å². The number of carbonyl (C=O) groups excluding carboxylic acids is 1. The van der Waals surface area contributed by atoms with Crippen LogP contribution in [0.2, 0.25) is 0 Å². The maximum absolute atomic E-state index is 10.4. The molecular weight excluding hydrogens is 164 g/mol. The Labute approximate surface area is 72.2 Å². The number of esters is 1. The number of hydrogen-bond donors (Lipinski definition) is 0. The molecule has 11 heavy (non-hydrogen) atoms. The van der Waals surface area contributed by atoms with Crippen LogP contribution in [0.1, 0.15) is 20.8 Å². The van der Waals surface area contributed by atoms with Crippen molar-refractivity contribution in [3.63, 3.8) is 0 Å². The summed E-state index contributed by atoms with van der Waals surface area (Å²) in [7, 11) is 0. The van der Waals surface area contributed by atoms with Crippen molar-refractivity contribution in [1.82, 2.24) is 0 Å². The molecule has 2 nitrogen and oxygen atoms in total. The van der Waals surface area contributed by atoms with E-state index in [1.807, 2.05) is 13.8 Å². The molecule has 0 amide bonds. The molecule has 0 aliphatic rings. The van der Waals surface area contributed by atoms with Crippen molar-refractivity contribution in [2.24, 2.45) is 5.41 Å². The van der Waals surface area contributed by atoms with E-state index in [2.05, 4.69) is 6.58 Å². The summed E-state index contributed by atoms with van der Waals surface area (Å²) in [5.74, 6) is -0.295. The second-order valence-electron chi connectivity index (χ2n) is 3.07. The van der Waals surface area contributed by atoms with Crippen LogP contribution in [0.15, 0.2) is 11.6 Å². The molecule has 0 aliphatic carbocycles. The Morgan fingerprint density at radius 1 is 1.64 bits per heavy atom. The first kappa shape index (κ1) is 10.5. The van der Waals surface area contributed by atoms with Crippen LogP contribution in [0, 0.1) is 5.41 Å². The molecule has 0 unspecified atom stereocenters. The van der Waals surface area contributed by atoms with Crippen molar-refractivity contribution in [3.05, 3.63) is 11.6 Å². The lowest BCUT2D eigenvalue weighted by molar-refractivity contribution is -0.143. The largest absolute Gasteiger partial charge is 0.465 e. The van der Waals surface area contributed by atoms with Gasteiger partial charge in [0, 0.05) is 17.4 Å². The zero-order chi connectivity index (χ0) is 9.07. The number of carbonyl (C=O) groups is 1. The van der Waals surface area contributed by atoms with Gasteiger partial charge in [-0.25, -0.2) is 0 Å². The molecule has 0 bridgehead atoms. The number of hydrogen-bond acceptors (Lipinski definition) is 2. The van der Waals surface area contributed by atoms with E-state index in [0.717, 1.165) is 0 Å². The van der Waals surface area contributed by atoms with E-state index in [-0.39, 0.29) is 18.0 Å². The molecule has 0 saturated heterocycles. The Bertz CT molecular complexity index is 173. The lowest BCUT2D eigenvalue weighted by Crippen LogP contribution is -2.20. The Hall–Kier alpha value is -0.500. The molecule has 0 fully saturated rings. The Morgan fingerprint density at radius 3 is 2.36 bits per heavy atom. The molecule has 0 aliphatic heterocycles. The molecule has 0 heterocycles. The monoisotopic (exact) mass is 176 g/mol. The Kier molecular flexibility index (Phi) is 3.59. The SMILES string of the molecule is C=C(Cl)C(C)(C)COC(C)=O.